The number of alkyl carbamates (subject to hydrolysis) is 1. The van der Waals surface area contributed by atoms with E-state index in [1.807, 2.05) is 19.1 Å². The molecule has 1 rings (SSSR count). The molecule has 0 fully saturated rings. The van der Waals surface area contributed by atoms with Crippen molar-refractivity contribution < 1.29 is 28.7 Å². The van der Waals surface area contributed by atoms with E-state index in [0.717, 1.165) is 5.56 Å². The van der Waals surface area contributed by atoms with Crippen LogP contribution in [-0.2, 0) is 23.9 Å². The van der Waals surface area contributed by atoms with Gasteiger partial charge in [0.05, 0.1) is 7.11 Å². The third-order valence-corrected chi connectivity index (χ3v) is 4.39. The molecule has 0 saturated carbocycles. The first kappa shape index (κ1) is 26.7. The molecule has 0 aromatic heterocycles. The zero-order valence-corrected chi connectivity index (χ0v) is 19.6. The van der Waals surface area contributed by atoms with Gasteiger partial charge in [-0.15, -0.1) is 6.58 Å². The van der Waals surface area contributed by atoms with Crippen molar-refractivity contribution in [3.8, 4) is 0 Å². The van der Waals surface area contributed by atoms with E-state index in [9.17, 15) is 19.2 Å². The summed E-state index contributed by atoms with van der Waals surface area (Å²) in [7, 11) is 1.21. The number of nitrogens with one attached hydrogen (secondary N) is 2. The summed E-state index contributed by atoms with van der Waals surface area (Å²) < 4.78 is 9.79. The summed E-state index contributed by atoms with van der Waals surface area (Å²) in [5, 5.41) is 5.01. The first-order valence-corrected chi connectivity index (χ1v) is 10.2. The molecule has 9 nitrogen and oxygen atoms in total. The fraction of sp³-hybridized carbons (Fsp3) is 0.478. The van der Waals surface area contributed by atoms with Gasteiger partial charge in [0.25, 0.3) is 0 Å². The molecular formula is C23H33N3O6. The monoisotopic (exact) mass is 447 g/mol. The van der Waals surface area contributed by atoms with E-state index >= 15 is 0 Å². The number of hydrogen-bond acceptors (Lipinski definition) is 6. The van der Waals surface area contributed by atoms with Crippen LogP contribution in [0.5, 0.6) is 0 Å². The van der Waals surface area contributed by atoms with E-state index in [-0.39, 0.29) is 13.1 Å². The van der Waals surface area contributed by atoms with Crippen LogP contribution in [0.2, 0.25) is 0 Å². The van der Waals surface area contributed by atoms with Crippen molar-refractivity contribution in [3.63, 3.8) is 0 Å². The van der Waals surface area contributed by atoms with E-state index < -0.39 is 41.6 Å². The molecule has 0 spiro atoms. The van der Waals surface area contributed by atoms with Crippen LogP contribution in [0.3, 0.4) is 0 Å². The van der Waals surface area contributed by atoms with Gasteiger partial charge in [0, 0.05) is 6.54 Å². The summed E-state index contributed by atoms with van der Waals surface area (Å²) in [5.74, 6) is -1.70. The zero-order chi connectivity index (χ0) is 24.5. The third kappa shape index (κ3) is 8.05. The van der Waals surface area contributed by atoms with Crippen molar-refractivity contribution in [3.05, 3.63) is 48.0 Å². The van der Waals surface area contributed by atoms with Gasteiger partial charge in [-0.1, -0.05) is 30.3 Å². The van der Waals surface area contributed by atoms with Crippen LogP contribution in [-0.4, -0.2) is 60.6 Å². The van der Waals surface area contributed by atoms with E-state index in [0.29, 0.717) is 5.56 Å². The molecule has 2 atom stereocenters. The molecule has 0 bridgehead atoms. The van der Waals surface area contributed by atoms with E-state index in [4.69, 9.17) is 4.74 Å². The molecule has 3 amide bonds. The highest BCUT2D eigenvalue weighted by atomic mass is 16.6. The minimum Gasteiger partial charge on any atom is -0.468 e. The summed E-state index contributed by atoms with van der Waals surface area (Å²) in [6.07, 6.45) is 0.733. The van der Waals surface area contributed by atoms with Crippen molar-refractivity contribution >= 4 is 23.9 Å². The van der Waals surface area contributed by atoms with Crippen molar-refractivity contribution in [2.45, 2.75) is 52.3 Å². The summed E-state index contributed by atoms with van der Waals surface area (Å²) in [6.45, 7) is 11.8. The van der Waals surface area contributed by atoms with Gasteiger partial charge in [-0.05, 0) is 45.7 Å². The maximum absolute atomic E-state index is 13.3. The Morgan fingerprint density at radius 1 is 1.19 bits per heavy atom. The third-order valence-electron chi connectivity index (χ3n) is 4.39. The normalized spacial score (nSPS) is 12.7. The van der Waals surface area contributed by atoms with Gasteiger partial charge in [-0.25, -0.2) is 4.79 Å². The lowest BCUT2D eigenvalue weighted by Crippen LogP contribution is -2.52. The lowest BCUT2D eigenvalue weighted by atomic mass is 9.98. The summed E-state index contributed by atoms with van der Waals surface area (Å²) >= 11 is 0. The molecule has 0 aliphatic rings. The lowest BCUT2D eigenvalue weighted by Gasteiger charge is -2.33. The Morgan fingerprint density at radius 3 is 2.34 bits per heavy atom. The summed E-state index contributed by atoms with van der Waals surface area (Å²) in [5.41, 5.74) is 0.625. The molecule has 0 radical (unpaired) electrons. The van der Waals surface area contributed by atoms with E-state index in [2.05, 4.69) is 21.9 Å². The Labute approximate surface area is 189 Å². The number of esters is 1. The second-order valence-corrected chi connectivity index (χ2v) is 8.20. The highest BCUT2D eigenvalue weighted by Gasteiger charge is 2.35. The SMILES string of the molecule is C=CCN(C(=O)C(C)NC(=O)OC(C)(C)C)C(C(=O)NCC(=O)OC)c1ccccc1C. The number of nitrogens with zero attached hydrogens (tertiary/aromatic N) is 1. The van der Waals surface area contributed by atoms with Crippen LogP contribution in [0.4, 0.5) is 4.79 Å². The fourth-order valence-electron chi connectivity index (χ4n) is 2.93. The Morgan fingerprint density at radius 2 is 1.81 bits per heavy atom. The van der Waals surface area contributed by atoms with Gasteiger partial charge in [0.2, 0.25) is 11.8 Å². The number of rotatable bonds is 9. The smallest absolute Gasteiger partial charge is 0.408 e. The number of carbonyl (C=O) groups is 4. The van der Waals surface area contributed by atoms with Gasteiger partial charge in [0.1, 0.15) is 24.2 Å². The summed E-state index contributed by atoms with van der Waals surface area (Å²) in [6, 6.07) is 5.07. The number of ether oxygens (including phenoxy) is 2. The van der Waals surface area contributed by atoms with E-state index in [1.54, 1.807) is 32.9 Å². The average molecular weight is 448 g/mol. The van der Waals surface area contributed by atoms with Crippen molar-refractivity contribution in [2.24, 2.45) is 0 Å². The fourth-order valence-corrected chi connectivity index (χ4v) is 2.93. The molecule has 0 aliphatic heterocycles. The van der Waals surface area contributed by atoms with Gasteiger partial charge in [-0.2, -0.15) is 0 Å². The Hall–Kier alpha value is -3.36. The largest absolute Gasteiger partial charge is 0.468 e. The van der Waals surface area contributed by atoms with Crippen LogP contribution in [0.1, 0.15) is 44.9 Å². The van der Waals surface area contributed by atoms with Gasteiger partial charge < -0.3 is 25.0 Å². The predicted octanol–water partition coefficient (Wildman–Crippen LogP) is 2.25. The van der Waals surface area contributed by atoms with Crippen LogP contribution in [0.15, 0.2) is 36.9 Å². The number of methoxy groups -OCH3 is 1. The van der Waals surface area contributed by atoms with Gasteiger partial charge >= 0.3 is 12.1 Å². The van der Waals surface area contributed by atoms with E-state index in [1.165, 1.54) is 25.0 Å². The zero-order valence-electron chi connectivity index (χ0n) is 19.6. The highest BCUT2D eigenvalue weighted by molar-refractivity contribution is 5.93. The van der Waals surface area contributed by atoms with Crippen LogP contribution in [0, 0.1) is 6.92 Å². The molecule has 1 aromatic rings. The summed E-state index contributed by atoms with van der Waals surface area (Å²) in [4.78, 5) is 51.4. The molecule has 0 aliphatic carbocycles. The molecule has 176 valence electrons. The quantitative estimate of drug-likeness (QED) is 0.443. The molecule has 0 saturated heterocycles. The molecule has 2 N–H and O–H groups in total. The molecule has 9 heteroatoms. The Bertz CT molecular complexity index is 846. The lowest BCUT2D eigenvalue weighted by molar-refractivity contribution is -0.144. The number of carbonyl (C=O) groups excluding carboxylic acids is 4. The second-order valence-electron chi connectivity index (χ2n) is 8.20. The highest BCUT2D eigenvalue weighted by Crippen LogP contribution is 2.25. The standard InChI is InChI=1S/C23H33N3O6/c1-8-13-26(21(29)16(3)25-22(30)32-23(4,5)6)19(17-12-10-9-11-15(17)2)20(28)24-14-18(27)31-7/h8-12,16,19H,1,13-14H2,2-7H3,(H,24,28)(H,25,30). The number of benzene rings is 1. The van der Waals surface area contributed by atoms with Crippen LogP contribution >= 0.6 is 0 Å². The number of amides is 3. The molecular weight excluding hydrogens is 414 g/mol. The predicted molar refractivity (Wildman–Crippen MR) is 120 cm³/mol. The van der Waals surface area contributed by atoms with Crippen LogP contribution < -0.4 is 10.6 Å². The first-order valence-electron chi connectivity index (χ1n) is 10.2. The molecule has 2 unspecified atom stereocenters. The number of aryl methyl sites for hydroxylation is 1. The number of hydrogen-bond donors (Lipinski definition) is 2. The minimum atomic E-state index is -1.06. The second kappa shape index (κ2) is 11.9. The molecule has 0 heterocycles. The maximum Gasteiger partial charge on any atom is 0.408 e. The van der Waals surface area contributed by atoms with Crippen LogP contribution in [0.25, 0.3) is 0 Å². The Balaban J connectivity index is 3.25. The molecule has 32 heavy (non-hydrogen) atoms. The van der Waals surface area contributed by atoms with Crippen molar-refractivity contribution in [1.29, 1.82) is 0 Å². The topological polar surface area (TPSA) is 114 Å². The molecule has 1 aromatic carbocycles. The van der Waals surface area contributed by atoms with Crippen molar-refractivity contribution in [2.75, 3.05) is 20.2 Å². The van der Waals surface area contributed by atoms with Gasteiger partial charge in [-0.3, -0.25) is 14.4 Å². The minimum absolute atomic E-state index is 0.0316. The first-order chi connectivity index (χ1) is 14.9. The Kier molecular flexibility index (Phi) is 9.90. The average Bonchev–Trinajstić information content (AvgIpc) is 2.70. The van der Waals surface area contributed by atoms with Gasteiger partial charge in [0.15, 0.2) is 0 Å². The van der Waals surface area contributed by atoms with Crippen molar-refractivity contribution in [1.82, 2.24) is 15.5 Å². The maximum atomic E-state index is 13.3.